The molecule has 60 valence electrons. The number of hydrogen-bond donors (Lipinski definition) is 1. The Kier molecular flexibility index (Phi) is 1.46. The molecule has 1 aliphatic carbocycles. The molecule has 0 aromatic rings. The van der Waals surface area contributed by atoms with Gasteiger partial charge in [-0.25, -0.2) is 4.79 Å². The van der Waals surface area contributed by atoms with Gasteiger partial charge in [0.1, 0.15) is 0 Å². The Morgan fingerprint density at radius 2 is 2.27 bits per heavy atom. The van der Waals surface area contributed by atoms with Crippen molar-refractivity contribution >= 4 is 5.97 Å². The van der Waals surface area contributed by atoms with E-state index in [2.05, 4.69) is 0 Å². The summed E-state index contributed by atoms with van der Waals surface area (Å²) in [7, 11) is 0. The lowest BCUT2D eigenvalue weighted by molar-refractivity contribution is -0.162. The third-order valence-corrected chi connectivity index (χ3v) is 2.31. The zero-order chi connectivity index (χ0) is 7.84. The number of carboxylic acids is 1. The van der Waals surface area contributed by atoms with E-state index in [-0.39, 0.29) is 12.0 Å². The smallest absolute Gasteiger partial charge is 0.333 e. The molecule has 1 fully saturated rings. The van der Waals surface area contributed by atoms with Gasteiger partial charge < -0.3 is 9.84 Å². The van der Waals surface area contributed by atoms with Crippen molar-refractivity contribution in [2.75, 3.05) is 0 Å². The van der Waals surface area contributed by atoms with Gasteiger partial charge >= 0.3 is 5.97 Å². The van der Waals surface area contributed by atoms with Crippen LogP contribution in [0.15, 0.2) is 12.2 Å². The molecular weight excluding hydrogens is 144 g/mol. The number of carboxylic acid groups (broad SMARTS) is 1. The van der Waals surface area contributed by atoms with Crippen LogP contribution in [0.3, 0.4) is 0 Å². The summed E-state index contributed by atoms with van der Waals surface area (Å²) < 4.78 is 5.26. The second kappa shape index (κ2) is 2.34. The van der Waals surface area contributed by atoms with Crippen LogP contribution in [0.25, 0.3) is 0 Å². The maximum absolute atomic E-state index is 10.6. The molecule has 11 heavy (non-hydrogen) atoms. The molecule has 1 N–H and O–H groups in total. The fraction of sp³-hybridized carbons (Fsp3) is 0.625. The topological polar surface area (TPSA) is 46.5 Å². The van der Waals surface area contributed by atoms with E-state index >= 15 is 0 Å². The molecule has 0 amide bonds. The molecule has 1 saturated heterocycles. The van der Waals surface area contributed by atoms with E-state index in [0.717, 1.165) is 12.8 Å². The van der Waals surface area contributed by atoms with Crippen molar-refractivity contribution in [1.82, 2.24) is 0 Å². The molecule has 2 aliphatic heterocycles. The Bertz CT molecular complexity index is 209. The lowest BCUT2D eigenvalue weighted by Crippen LogP contribution is -2.42. The van der Waals surface area contributed by atoms with Gasteiger partial charge in [0.2, 0.25) is 0 Å². The average molecular weight is 154 g/mol. The van der Waals surface area contributed by atoms with Gasteiger partial charge in [-0.1, -0.05) is 12.2 Å². The number of aliphatic carboxylic acids is 1. The molecule has 3 aliphatic rings. The largest absolute Gasteiger partial charge is 0.479 e. The molecule has 2 heterocycles. The van der Waals surface area contributed by atoms with Crippen molar-refractivity contribution < 1.29 is 14.6 Å². The van der Waals surface area contributed by atoms with Crippen LogP contribution in [0.2, 0.25) is 0 Å². The van der Waals surface area contributed by atoms with E-state index in [9.17, 15) is 4.79 Å². The van der Waals surface area contributed by atoms with Crippen molar-refractivity contribution in [3.63, 3.8) is 0 Å². The molecule has 0 saturated carbocycles. The van der Waals surface area contributed by atoms with Crippen LogP contribution in [0, 0.1) is 5.92 Å². The number of hydrogen-bond acceptors (Lipinski definition) is 2. The fourth-order valence-electron chi connectivity index (χ4n) is 1.71. The highest BCUT2D eigenvalue weighted by Crippen LogP contribution is 2.31. The fourth-order valence-corrected chi connectivity index (χ4v) is 1.71. The average Bonchev–Trinajstić information content (AvgIpc) is 2.06. The first kappa shape index (κ1) is 6.85. The van der Waals surface area contributed by atoms with Gasteiger partial charge in [0.05, 0.1) is 6.10 Å². The van der Waals surface area contributed by atoms with Gasteiger partial charge in [0.25, 0.3) is 0 Å². The van der Waals surface area contributed by atoms with Gasteiger partial charge in [-0.15, -0.1) is 0 Å². The van der Waals surface area contributed by atoms with Gasteiger partial charge in [-0.3, -0.25) is 0 Å². The van der Waals surface area contributed by atoms with Crippen LogP contribution >= 0.6 is 0 Å². The van der Waals surface area contributed by atoms with Crippen LogP contribution in [0.4, 0.5) is 0 Å². The van der Waals surface area contributed by atoms with E-state index in [0.29, 0.717) is 0 Å². The monoisotopic (exact) mass is 154 g/mol. The van der Waals surface area contributed by atoms with Gasteiger partial charge in [-0.2, -0.15) is 0 Å². The summed E-state index contributed by atoms with van der Waals surface area (Å²) in [5.74, 6) is -0.721. The second-order valence-corrected chi connectivity index (χ2v) is 3.06. The standard InChI is InChI=1S/C8H10O3/c9-8(10)7-5-1-3-6(11-7)4-2-5/h1,3,5-7H,2,4H2,(H,9,10). The normalized spacial score (nSPS) is 40.9. The third-order valence-electron chi connectivity index (χ3n) is 2.31. The zero-order valence-electron chi connectivity index (χ0n) is 6.06. The maximum Gasteiger partial charge on any atom is 0.333 e. The highest BCUT2D eigenvalue weighted by molar-refractivity contribution is 5.73. The molecule has 3 nitrogen and oxygen atoms in total. The Balaban J connectivity index is 2.17. The first-order valence-corrected chi connectivity index (χ1v) is 3.84. The molecular formula is C8H10O3. The molecule has 0 spiro atoms. The highest BCUT2D eigenvalue weighted by atomic mass is 16.5. The predicted molar refractivity (Wildman–Crippen MR) is 38.2 cm³/mol. The molecule has 3 atom stereocenters. The van der Waals surface area contributed by atoms with Crippen molar-refractivity contribution in [3.05, 3.63) is 12.2 Å². The predicted octanol–water partition coefficient (Wildman–Crippen LogP) is 0.805. The molecule has 3 unspecified atom stereocenters. The maximum atomic E-state index is 10.6. The summed E-state index contributed by atoms with van der Waals surface area (Å²) in [6, 6.07) is 0. The highest BCUT2D eigenvalue weighted by Gasteiger charge is 2.36. The van der Waals surface area contributed by atoms with Gasteiger partial charge in [0.15, 0.2) is 6.10 Å². The van der Waals surface area contributed by atoms with Crippen LogP contribution in [-0.4, -0.2) is 23.3 Å². The second-order valence-electron chi connectivity index (χ2n) is 3.06. The van der Waals surface area contributed by atoms with Crippen LogP contribution < -0.4 is 0 Å². The first-order chi connectivity index (χ1) is 5.27. The lowest BCUT2D eigenvalue weighted by Gasteiger charge is -2.35. The van der Waals surface area contributed by atoms with Crippen LogP contribution in [0.5, 0.6) is 0 Å². The number of rotatable bonds is 1. The van der Waals surface area contributed by atoms with Gasteiger partial charge in [-0.05, 0) is 12.8 Å². The van der Waals surface area contributed by atoms with E-state index in [1.807, 2.05) is 12.2 Å². The summed E-state index contributed by atoms with van der Waals surface area (Å²) in [5, 5.41) is 8.70. The molecule has 3 rings (SSSR count). The van der Waals surface area contributed by atoms with E-state index in [1.165, 1.54) is 0 Å². The van der Waals surface area contributed by atoms with Crippen LogP contribution in [-0.2, 0) is 9.53 Å². The van der Waals surface area contributed by atoms with Crippen LogP contribution in [0.1, 0.15) is 12.8 Å². The molecule has 2 bridgehead atoms. The van der Waals surface area contributed by atoms with Crippen molar-refractivity contribution in [2.45, 2.75) is 25.0 Å². The van der Waals surface area contributed by atoms with Gasteiger partial charge in [0, 0.05) is 5.92 Å². The molecule has 0 aromatic heterocycles. The lowest BCUT2D eigenvalue weighted by atomic mass is 9.86. The Morgan fingerprint density at radius 1 is 1.45 bits per heavy atom. The Labute approximate surface area is 64.7 Å². The van der Waals surface area contributed by atoms with Crippen molar-refractivity contribution in [3.8, 4) is 0 Å². The minimum atomic E-state index is -0.830. The van der Waals surface area contributed by atoms with Crippen molar-refractivity contribution in [2.24, 2.45) is 5.92 Å². The number of carbonyl (C=O) groups is 1. The third kappa shape index (κ3) is 1.05. The molecule has 3 heteroatoms. The number of ether oxygens (including phenoxy) is 1. The summed E-state index contributed by atoms with van der Waals surface area (Å²) >= 11 is 0. The number of fused-ring (bicyclic) bond motifs is 2. The SMILES string of the molecule is O=C(O)C1OC2C=CC1CC2. The quantitative estimate of drug-likeness (QED) is 0.568. The summed E-state index contributed by atoms with van der Waals surface area (Å²) in [6.45, 7) is 0. The van der Waals surface area contributed by atoms with Crippen molar-refractivity contribution in [1.29, 1.82) is 0 Å². The first-order valence-electron chi connectivity index (χ1n) is 3.84. The Morgan fingerprint density at radius 3 is 2.55 bits per heavy atom. The summed E-state index contributed by atoms with van der Waals surface area (Å²) in [6.07, 6.45) is 5.34. The van der Waals surface area contributed by atoms with E-state index in [1.54, 1.807) is 0 Å². The molecule has 0 aromatic carbocycles. The Hall–Kier alpha value is -0.830. The minimum absolute atomic E-state index is 0.0566. The summed E-state index contributed by atoms with van der Waals surface area (Å²) in [5.41, 5.74) is 0. The summed E-state index contributed by atoms with van der Waals surface area (Å²) in [4.78, 5) is 10.6. The zero-order valence-corrected chi connectivity index (χ0v) is 6.06. The van der Waals surface area contributed by atoms with E-state index < -0.39 is 12.1 Å². The van der Waals surface area contributed by atoms with E-state index in [4.69, 9.17) is 9.84 Å². The molecule has 0 radical (unpaired) electrons. The minimum Gasteiger partial charge on any atom is -0.479 e.